The van der Waals surface area contributed by atoms with Crippen LogP contribution < -0.4 is 5.32 Å². The summed E-state index contributed by atoms with van der Waals surface area (Å²) in [6.45, 7) is 5.15. The van der Waals surface area contributed by atoms with Crippen molar-refractivity contribution in [3.8, 4) is 0 Å². The summed E-state index contributed by atoms with van der Waals surface area (Å²) in [6, 6.07) is 5.22. The van der Waals surface area contributed by atoms with E-state index in [1.807, 2.05) is 6.07 Å². The molecule has 1 N–H and O–H groups in total. The van der Waals surface area contributed by atoms with Crippen molar-refractivity contribution >= 4 is 0 Å². The SMILES string of the molecule is COCc1ccc(F)c(CN2CCNCC2)c1. The van der Waals surface area contributed by atoms with E-state index < -0.39 is 0 Å². The van der Waals surface area contributed by atoms with Gasteiger partial charge < -0.3 is 10.1 Å². The van der Waals surface area contributed by atoms with Crippen molar-refractivity contribution in [2.75, 3.05) is 33.3 Å². The van der Waals surface area contributed by atoms with Crippen LogP contribution in [0.3, 0.4) is 0 Å². The molecule has 0 radical (unpaired) electrons. The highest BCUT2D eigenvalue weighted by atomic mass is 19.1. The van der Waals surface area contributed by atoms with Crippen molar-refractivity contribution in [2.45, 2.75) is 13.2 Å². The normalized spacial score (nSPS) is 17.3. The summed E-state index contributed by atoms with van der Waals surface area (Å²) in [6.07, 6.45) is 0. The Morgan fingerprint density at radius 3 is 2.82 bits per heavy atom. The van der Waals surface area contributed by atoms with E-state index in [1.54, 1.807) is 13.2 Å². The molecule has 17 heavy (non-hydrogen) atoms. The van der Waals surface area contributed by atoms with Crippen LogP contribution in [0.4, 0.5) is 4.39 Å². The third kappa shape index (κ3) is 3.49. The van der Waals surface area contributed by atoms with Crippen molar-refractivity contribution in [3.05, 3.63) is 35.1 Å². The lowest BCUT2D eigenvalue weighted by atomic mass is 10.1. The Hall–Kier alpha value is -0.970. The van der Waals surface area contributed by atoms with E-state index in [4.69, 9.17) is 4.74 Å². The van der Waals surface area contributed by atoms with E-state index in [2.05, 4.69) is 10.2 Å². The Morgan fingerprint density at radius 2 is 2.12 bits per heavy atom. The second-order valence-electron chi connectivity index (χ2n) is 4.38. The standard InChI is InChI=1S/C13H19FN2O/c1-17-10-11-2-3-13(14)12(8-11)9-16-6-4-15-5-7-16/h2-3,8,15H,4-7,9-10H2,1H3. The summed E-state index contributed by atoms with van der Waals surface area (Å²) in [4.78, 5) is 2.27. The maximum absolute atomic E-state index is 13.7. The molecule has 1 fully saturated rings. The summed E-state index contributed by atoms with van der Waals surface area (Å²) < 4.78 is 18.7. The molecule has 0 saturated carbocycles. The minimum Gasteiger partial charge on any atom is -0.380 e. The van der Waals surface area contributed by atoms with Gasteiger partial charge in [-0.15, -0.1) is 0 Å². The van der Waals surface area contributed by atoms with Crippen molar-refractivity contribution in [1.29, 1.82) is 0 Å². The molecule has 1 aromatic rings. The second-order valence-corrected chi connectivity index (χ2v) is 4.38. The van der Waals surface area contributed by atoms with E-state index in [0.29, 0.717) is 13.2 Å². The average molecular weight is 238 g/mol. The molecule has 4 heteroatoms. The zero-order chi connectivity index (χ0) is 12.1. The zero-order valence-electron chi connectivity index (χ0n) is 10.2. The molecule has 3 nitrogen and oxygen atoms in total. The van der Waals surface area contributed by atoms with Gasteiger partial charge in [-0.1, -0.05) is 6.07 Å². The van der Waals surface area contributed by atoms with E-state index in [-0.39, 0.29) is 5.82 Å². The number of piperazine rings is 1. The quantitative estimate of drug-likeness (QED) is 0.857. The number of hydrogen-bond donors (Lipinski definition) is 1. The van der Waals surface area contributed by atoms with Crippen LogP contribution in [0.25, 0.3) is 0 Å². The van der Waals surface area contributed by atoms with Gasteiger partial charge in [-0.05, 0) is 17.7 Å². The van der Waals surface area contributed by atoms with Gasteiger partial charge in [0.05, 0.1) is 6.61 Å². The van der Waals surface area contributed by atoms with Gasteiger partial charge in [0, 0.05) is 45.4 Å². The lowest BCUT2D eigenvalue weighted by molar-refractivity contribution is 0.184. The molecule has 1 saturated heterocycles. The summed E-state index contributed by atoms with van der Waals surface area (Å²) >= 11 is 0. The first-order valence-corrected chi connectivity index (χ1v) is 5.99. The molecular weight excluding hydrogens is 219 g/mol. The first-order chi connectivity index (χ1) is 8.29. The van der Waals surface area contributed by atoms with Crippen molar-refractivity contribution < 1.29 is 9.13 Å². The molecule has 0 bridgehead atoms. The number of hydrogen-bond acceptors (Lipinski definition) is 3. The van der Waals surface area contributed by atoms with Crippen LogP contribution in [-0.4, -0.2) is 38.2 Å². The Bertz CT molecular complexity index is 364. The fourth-order valence-electron chi connectivity index (χ4n) is 2.12. The number of rotatable bonds is 4. The van der Waals surface area contributed by atoms with Crippen molar-refractivity contribution in [3.63, 3.8) is 0 Å². The summed E-state index contributed by atoms with van der Waals surface area (Å²) in [5, 5.41) is 3.29. The molecule has 0 atom stereocenters. The zero-order valence-corrected chi connectivity index (χ0v) is 10.2. The summed E-state index contributed by atoms with van der Waals surface area (Å²) in [7, 11) is 1.65. The Labute approximate surface area is 102 Å². The van der Waals surface area contributed by atoms with Crippen LogP contribution in [-0.2, 0) is 17.9 Å². The lowest BCUT2D eigenvalue weighted by Crippen LogP contribution is -2.43. The average Bonchev–Trinajstić information content (AvgIpc) is 2.35. The molecule has 0 amide bonds. The fourth-order valence-corrected chi connectivity index (χ4v) is 2.12. The van der Waals surface area contributed by atoms with Gasteiger partial charge >= 0.3 is 0 Å². The molecule has 0 spiro atoms. The van der Waals surface area contributed by atoms with Gasteiger partial charge in [-0.3, -0.25) is 4.90 Å². The Kier molecular flexibility index (Phi) is 4.48. The number of ether oxygens (including phenoxy) is 1. The molecule has 94 valence electrons. The van der Waals surface area contributed by atoms with E-state index in [9.17, 15) is 4.39 Å². The van der Waals surface area contributed by atoms with Crippen LogP contribution in [0.1, 0.15) is 11.1 Å². The van der Waals surface area contributed by atoms with Crippen molar-refractivity contribution in [2.24, 2.45) is 0 Å². The first kappa shape index (κ1) is 12.5. The maximum Gasteiger partial charge on any atom is 0.127 e. The topological polar surface area (TPSA) is 24.5 Å². The van der Waals surface area contributed by atoms with E-state index in [1.165, 1.54) is 6.07 Å². The number of benzene rings is 1. The molecule has 0 aliphatic carbocycles. The third-order valence-corrected chi connectivity index (χ3v) is 3.02. The number of halogens is 1. The monoisotopic (exact) mass is 238 g/mol. The van der Waals surface area contributed by atoms with Gasteiger partial charge in [0.1, 0.15) is 5.82 Å². The highest BCUT2D eigenvalue weighted by Crippen LogP contribution is 2.14. The van der Waals surface area contributed by atoms with Crippen LogP contribution in [0.15, 0.2) is 18.2 Å². The minimum absolute atomic E-state index is 0.122. The first-order valence-electron chi connectivity index (χ1n) is 5.99. The van der Waals surface area contributed by atoms with Crippen molar-refractivity contribution in [1.82, 2.24) is 10.2 Å². The lowest BCUT2D eigenvalue weighted by Gasteiger charge is -2.27. The summed E-state index contributed by atoms with van der Waals surface area (Å²) in [5.41, 5.74) is 1.79. The Balaban J connectivity index is 2.04. The summed E-state index contributed by atoms with van der Waals surface area (Å²) in [5.74, 6) is -0.122. The van der Waals surface area contributed by atoms with Crippen LogP contribution in [0.2, 0.25) is 0 Å². The van der Waals surface area contributed by atoms with Gasteiger partial charge in [0.25, 0.3) is 0 Å². The van der Waals surface area contributed by atoms with Gasteiger partial charge in [0.2, 0.25) is 0 Å². The predicted octanol–water partition coefficient (Wildman–Crippen LogP) is 1.38. The predicted molar refractivity (Wildman–Crippen MR) is 65.3 cm³/mol. The molecule has 1 aliphatic heterocycles. The smallest absolute Gasteiger partial charge is 0.127 e. The molecular formula is C13H19FN2O. The van der Waals surface area contributed by atoms with Crippen LogP contribution >= 0.6 is 0 Å². The molecule has 2 rings (SSSR count). The van der Waals surface area contributed by atoms with E-state index in [0.717, 1.165) is 37.3 Å². The number of methoxy groups -OCH3 is 1. The fraction of sp³-hybridized carbons (Fsp3) is 0.538. The highest BCUT2D eigenvalue weighted by Gasteiger charge is 2.12. The maximum atomic E-state index is 13.7. The molecule has 1 aromatic carbocycles. The largest absolute Gasteiger partial charge is 0.380 e. The second kappa shape index (κ2) is 6.10. The van der Waals surface area contributed by atoms with Gasteiger partial charge in [0.15, 0.2) is 0 Å². The number of nitrogens with zero attached hydrogens (tertiary/aromatic N) is 1. The molecule has 1 heterocycles. The molecule has 1 aliphatic rings. The van der Waals surface area contributed by atoms with Gasteiger partial charge in [-0.25, -0.2) is 4.39 Å². The third-order valence-electron chi connectivity index (χ3n) is 3.02. The van der Waals surface area contributed by atoms with Crippen LogP contribution in [0, 0.1) is 5.82 Å². The highest BCUT2D eigenvalue weighted by molar-refractivity contribution is 5.24. The molecule has 0 unspecified atom stereocenters. The van der Waals surface area contributed by atoms with Gasteiger partial charge in [-0.2, -0.15) is 0 Å². The number of nitrogens with one attached hydrogen (secondary N) is 1. The molecule has 0 aromatic heterocycles. The minimum atomic E-state index is -0.122. The Morgan fingerprint density at radius 1 is 1.35 bits per heavy atom. The van der Waals surface area contributed by atoms with E-state index >= 15 is 0 Å². The van der Waals surface area contributed by atoms with Crippen LogP contribution in [0.5, 0.6) is 0 Å².